The first-order chi connectivity index (χ1) is 10.6. The Bertz CT molecular complexity index is 632. The Balaban J connectivity index is 2.19. The van der Waals surface area contributed by atoms with Crippen LogP contribution >= 0.6 is 23.4 Å². The zero-order valence-corrected chi connectivity index (χ0v) is 14.2. The summed E-state index contributed by atoms with van der Waals surface area (Å²) in [6.07, 6.45) is 4.38. The number of benzene rings is 1. The first-order valence-electron chi connectivity index (χ1n) is 6.98. The van der Waals surface area contributed by atoms with Crippen molar-refractivity contribution in [2.75, 3.05) is 12.0 Å². The molecule has 0 spiro atoms. The van der Waals surface area contributed by atoms with Crippen LogP contribution in [0.25, 0.3) is 0 Å². The molecule has 0 fully saturated rings. The van der Waals surface area contributed by atoms with Crippen LogP contribution in [0.3, 0.4) is 0 Å². The lowest BCUT2D eigenvalue weighted by atomic mass is 10.2. The second-order valence-electron chi connectivity index (χ2n) is 4.94. The van der Waals surface area contributed by atoms with Gasteiger partial charge in [0.15, 0.2) is 0 Å². The number of carbonyl (C=O) groups excluding carboxylic acids is 1. The van der Waals surface area contributed by atoms with Crippen LogP contribution in [0.1, 0.15) is 30.8 Å². The summed E-state index contributed by atoms with van der Waals surface area (Å²) in [6.45, 7) is 2.09. The first kappa shape index (κ1) is 16.8. The highest BCUT2D eigenvalue weighted by atomic mass is 35.5. The molecule has 1 N–H and O–H groups in total. The third kappa shape index (κ3) is 4.74. The van der Waals surface area contributed by atoms with Crippen LogP contribution in [0.15, 0.2) is 30.6 Å². The minimum atomic E-state index is -0.133. The highest BCUT2D eigenvalue weighted by Gasteiger charge is 2.18. The van der Waals surface area contributed by atoms with Crippen LogP contribution in [0, 0.1) is 0 Å². The molecule has 0 saturated heterocycles. The predicted molar refractivity (Wildman–Crippen MR) is 90.1 cm³/mol. The van der Waals surface area contributed by atoms with E-state index in [1.807, 2.05) is 35.2 Å². The van der Waals surface area contributed by atoms with Gasteiger partial charge in [0.2, 0.25) is 5.91 Å². The molecular weight excluding hydrogens is 320 g/mol. The van der Waals surface area contributed by atoms with Gasteiger partial charge in [0, 0.05) is 11.9 Å². The molecule has 5 nitrogen and oxygen atoms in total. The number of nitrogens with one attached hydrogen (secondary N) is 1. The maximum atomic E-state index is 11.4. The number of carbonyl (C=O) groups is 1. The van der Waals surface area contributed by atoms with Crippen molar-refractivity contribution < 1.29 is 4.79 Å². The summed E-state index contributed by atoms with van der Waals surface area (Å²) in [5.41, 5.74) is 1.05. The van der Waals surface area contributed by atoms with E-state index in [2.05, 4.69) is 15.4 Å². The molecule has 1 amide bonds. The molecule has 0 bridgehead atoms. The van der Waals surface area contributed by atoms with Crippen molar-refractivity contribution >= 4 is 29.3 Å². The summed E-state index contributed by atoms with van der Waals surface area (Å²) in [4.78, 5) is 15.8. The molecule has 2 aromatic rings. The molecule has 118 valence electrons. The predicted octanol–water partition coefficient (Wildman–Crippen LogP) is 2.91. The molecule has 0 aliphatic rings. The molecule has 1 heterocycles. The summed E-state index contributed by atoms with van der Waals surface area (Å²) in [5, 5.41) is 7.93. The normalized spacial score (nSPS) is 12.1. The number of hydrogen-bond donors (Lipinski definition) is 1. The fourth-order valence-electron chi connectivity index (χ4n) is 2.22. The van der Waals surface area contributed by atoms with Crippen LogP contribution in [0.5, 0.6) is 0 Å². The lowest BCUT2D eigenvalue weighted by Gasteiger charge is -2.17. The number of nitrogens with zero attached hydrogens (tertiary/aromatic N) is 3. The summed E-state index contributed by atoms with van der Waals surface area (Å²) >= 11 is 7.76. The Kier molecular flexibility index (Phi) is 6.27. The Morgan fingerprint density at radius 2 is 2.32 bits per heavy atom. The van der Waals surface area contributed by atoms with E-state index in [-0.39, 0.29) is 11.9 Å². The molecule has 1 atom stereocenters. The molecular formula is C15H19ClN4OS. The van der Waals surface area contributed by atoms with E-state index in [9.17, 15) is 4.79 Å². The zero-order chi connectivity index (χ0) is 15.9. The van der Waals surface area contributed by atoms with Crippen molar-refractivity contribution in [1.29, 1.82) is 0 Å². The summed E-state index contributed by atoms with van der Waals surface area (Å²) in [7, 11) is 0. The zero-order valence-electron chi connectivity index (χ0n) is 12.6. The van der Waals surface area contributed by atoms with Gasteiger partial charge >= 0.3 is 0 Å². The number of thioether (sulfide) groups is 1. The van der Waals surface area contributed by atoms with E-state index in [0.29, 0.717) is 11.6 Å². The topological polar surface area (TPSA) is 59.8 Å². The van der Waals surface area contributed by atoms with Crippen molar-refractivity contribution in [2.24, 2.45) is 0 Å². The summed E-state index contributed by atoms with van der Waals surface area (Å²) in [5.74, 6) is 1.64. The number of rotatable bonds is 7. The Hall–Kier alpha value is -1.53. The number of hydrogen-bond acceptors (Lipinski definition) is 4. The van der Waals surface area contributed by atoms with Crippen LogP contribution in [-0.4, -0.2) is 32.7 Å². The van der Waals surface area contributed by atoms with Crippen LogP contribution in [-0.2, 0) is 11.3 Å². The average molecular weight is 339 g/mol. The van der Waals surface area contributed by atoms with Crippen molar-refractivity contribution in [3.63, 3.8) is 0 Å². The molecule has 7 heteroatoms. The van der Waals surface area contributed by atoms with Crippen molar-refractivity contribution in [2.45, 2.75) is 25.9 Å². The SMILES string of the molecule is CSCC[C@H](NC(C)=O)c1ncnn1Cc1cccc(Cl)c1. The smallest absolute Gasteiger partial charge is 0.217 e. The van der Waals surface area contributed by atoms with Gasteiger partial charge in [-0.15, -0.1) is 0 Å². The van der Waals surface area contributed by atoms with Gasteiger partial charge < -0.3 is 5.32 Å². The monoisotopic (exact) mass is 338 g/mol. The Morgan fingerprint density at radius 1 is 1.50 bits per heavy atom. The number of amides is 1. The fourth-order valence-corrected chi connectivity index (χ4v) is 2.90. The lowest BCUT2D eigenvalue weighted by molar-refractivity contribution is -0.119. The molecule has 0 aliphatic heterocycles. The maximum absolute atomic E-state index is 11.4. The summed E-state index contributed by atoms with van der Waals surface area (Å²) < 4.78 is 1.81. The highest BCUT2D eigenvalue weighted by molar-refractivity contribution is 7.98. The highest BCUT2D eigenvalue weighted by Crippen LogP contribution is 2.18. The summed E-state index contributed by atoms with van der Waals surface area (Å²) in [6, 6.07) is 7.51. The Morgan fingerprint density at radius 3 is 3.00 bits per heavy atom. The molecule has 22 heavy (non-hydrogen) atoms. The van der Waals surface area contributed by atoms with Gasteiger partial charge in [-0.2, -0.15) is 16.9 Å². The number of halogens is 1. The van der Waals surface area contributed by atoms with Gasteiger partial charge in [-0.3, -0.25) is 4.79 Å². The quantitative estimate of drug-likeness (QED) is 0.843. The van der Waals surface area contributed by atoms with Crippen LogP contribution < -0.4 is 5.32 Å². The van der Waals surface area contributed by atoms with E-state index < -0.39 is 0 Å². The van der Waals surface area contributed by atoms with E-state index in [1.54, 1.807) is 11.8 Å². The molecule has 1 aromatic heterocycles. The molecule has 2 rings (SSSR count). The minimum absolute atomic E-state index is 0.0663. The first-order valence-corrected chi connectivity index (χ1v) is 8.75. The van der Waals surface area contributed by atoms with Crippen LogP contribution in [0.2, 0.25) is 5.02 Å². The number of aromatic nitrogens is 3. The molecule has 0 aliphatic carbocycles. The lowest BCUT2D eigenvalue weighted by Crippen LogP contribution is -2.29. The second-order valence-corrected chi connectivity index (χ2v) is 6.36. The molecule has 0 radical (unpaired) electrons. The molecule has 1 aromatic carbocycles. The minimum Gasteiger partial charge on any atom is -0.346 e. The van der Waals surface area contributed by atoms with E-state index in [4.69, 9.17) is 11.6 Å². The van der Waals surface area contributed by atoms with Gasteiger partial charge in [-0.25, -0.2) is 9.67 Å². The fraction of sp³-hybridized carbons (Fsp3) is 0.400. The third-order valence-electron chi connectivity index (χ3n) is 3.17. The van der Waals surface area contributed by atoms with Crippen molar-refractivity contribution in [1.82, 2.24) is 20.1 Å². The van der Waals surface area contributed by atoms with Gasteiger partial charge in [-0.1, -0.05) is 23.7 Å². The van der Waals surface area contributed by atoms with E-state index >= 15 is 0 Å². The van der Waals surface area contributed by atoms with Gasteiger partial charge in [0.1, 0.15) is 12.2 Å². The maximum Gasteiger partial charge on any atom is 0.217 e. The second kappa shape index (κ2) is 8.19. The Labute approximate surface area is 139 Å². The van der Waals surface area contributed by atoms with Gasteiger partial charge in [0.25, 0.3) is 0 Å². The van der Waals surface area contributed by atoms with Crippen molar-refractivity contribution in [3.8, 4) is 0 Å². The largest absolute Gasteiger partial charge is 0.346 e. The van der Waals surface area contributed by atoms with Gasteiger partial charge in [-0.05, 0) is 36.1 Å². The van der Waals surface area contributed by atoms with Crippen molar-refractivity contribution in [3.05, 3.63) is 47.0 Å². The third-order valence-corrected chi connectivity index (χ3v) is 4.05. The molecule has 0 saturated carbocycles. The van der Waals surface area contributed by atoms with Gasteiger partial charge in [0.05, 0.1) is 12.6 Å². The standard InChI is InChI=1S/C15H19ClN4OS/c1-11(21)19-14(6-7-22-2)15-17-10-18-20(15)9-12-4-3-5-13(16)8-12/h3-5,8,10,14H,6-7,9H2,1-2H3,(H,19,21)/t14-/m0/s1. The van der Waals surface area contributed by atoms with E-state index in [1.165, 1.54) is 13.3 Å². The average Bonchev–Trinajstić information content (AvgIpc) is 2.91. The van der Waals surface area contributed by atoms with E-state index in [0.717, 1.165) is 23.6 Å². The van der Waals surface area contributed by atoms with Crippen LogP contribution in [0.4, 0.5) is 0 Å². The molecule has 0 unspecified atom stereocenters.